The van der Waals surface area contributed by atoms with Gasteiger partial charge in [-0.1, -0.05) is 17.3 Å². The molecular weight excluding hydrogens is 384 g/mol. The van der Waals surface area contributed by atoms with Crippen molar-refractivity contribution in [3.63, 3.8) is 0 Å². The van der Waals surface area contributed by atoms with Crippen molar-refractivity contribution in [3.05, 3.63) is 52.7 Å². The van der Waals surface area contributed by atoms with Gasteiger partial charge < -0.3 is 14.9 Å². The van der Waals surface area contributed by atoms with E-state index in [1.54, 1.807) is 19.2 Å². The molecule has 1 unspecified atom stereocenters. The predicted octanol–water partition coefficient (Wildman–Crippen LogP) is 2.59. The topological polar surface area (TPSA) is 106 Å². The molecule has 0 saturated carbocycles. The van der Waals surface area contributed by atoms with Crippen LogP contribution in [-0.2, 0) is 13.0 Å². The second-order valence-electron chi connectivity index (χ2n) is 6.85. The number of aliphatic hydroxyl groups is 1. The van der Waals surface area contributed by atoms with E-state index in [1.165, 1.54) is 4.68 Å². The third kappa shape index (κ3) is 3.75. The van der Waals surface area contributed by atoms with Crippen LogP contribution in [0.2, 0.25) is 0 Å². The first-order valence-electron chi connectivity index (χ1n) is 9.17. The van der Waals surface area contributed by atoms with Gasteiger partial charge in [0.05, 0.1) is 30.5 Å². The Labute approximate surface area is 164 Å². The van der Waals surface area contributed by atoms with E-state index in [0.29, 0.717) is 23.4 Å². The number of carbonyl (C=O) groups excluding carboxylic acids is 1. The summed E-state index contributed by atoms with van der Waals surface area (Å²) in [5, 5.41) is 19.9. The Morgan fingerprint density at radius 2 is 2.28 bits per heavy atom. The number of aliphatic hydroxyl groups excluding tert-OH is 1. The second-order valence-corrected chi connectivity index (χ2v) is 6.85. The molecule has 1 aliphatic rings. The number of rotatable bonds is 6. The zero-order valence-electron chi connectivity index (χ0n) is 15.6. The number of benzene rings is 1. The number of nitrogens with one attached hydrogen (secondary N) is 1. The van der Waals surface area contributed by atoms with E-state index >= 15 is 0 Å². The number of amides is 1. The van der Waals surface area contributed by atoms with Gasteiger partial charge in [-0.15, -0.1) is 0 Å². The van der Waals surface area contributed by atoms with Crippen molar-refractivity contribution in [1.82, 2.24) is 25.2 Å². The van der Waals surface area contributed by atoms with Gasteiger partial charge in [0.2, 0.25) is 5.82 Å². The number of aryl methyl sites for hydroxylation is 2. The molecule has 10 heteroatoms. The monoisotopic (exact) mass is 403 g/mol. The molecule has 1 aromatic carbocycles. The van der Waals surface area contributed by atoms with Crippen LogP contribution in [0.1, 0.15) is 52.0 Å². The van der Waals surface area contributed by atoms with E-state index in [0.717, 1.165) is 24.0 Å². The fourth-order valence-electron chi connectivity index (χ4n) is 3.54. The SMILES string of the molecule is Cc1nn(CCO)cc1C(=O)NC1CCc2cc(-c3noc(C(F)F)n3)ccc21. The lowest BCUT2D eigenvalue weighted by molar-refractivity contribution is 0.0935. The summed E-state index contributed by atoms with van der Waals surface area (Å²) in [5.74, 6) is -0.821. The molecule has 0 bridgehead atoms. The molecule has 0 aliphatic heterocycles. The first kappa shape index (κ1) is 19.2. The van der Waals surface area contributed by atoms with Crippen LogP contribution in [0.4, 0.5) is 8.78 Å². The van der Waals surface area contributed by atoms with Gasteiger partial charge in [-0.3, -0.25) is 9.48 Å². The molecule has 2 heterocycles. The van der Waals surface area contributed by atoms with Crippen LogP contribution in [0.15, 0.2) is 28.9 Å². The molecule has 1 amide bonds. The van der Waals surface area contributed by atoms with Gasteiger partial charge in [0.1, 0.15) is 0 Å². The number of fused-ring (bicyclic) bond motifs is 1. The van der Waals surface area contributed by atoms with Gasteiger partial charge in [-0.25, -0.2) is 0 Å². The standard InChI is InChI=1S/C19H19F2N5O3/c1-10-14(9-26(24-10)6-7-27)18(28)22-15-5-3-11-8-12(2-4-13(11)15)17-23-19(16(20)21)29-25-17/h2,4,8-9,15-16,27H,3,5-7H2,1H3,(H,22,28). The third-order valence-electron chi connectivity index (χ3n) is 4.93. The summed E-state index contributed by atoms with van der Waals surface area (Å²) in [5.41, 5.74) is 3.63. The Balaban J connectivity index is 1.51. The van der Waals surface area contributed by atoms with Crippen molar-refractivity contribution >= 4 is 5.91 Å². The first-order chi connectivity index (χ1) is 14.0. The van der Waals surface area contributed by atoms with Crippen LogP contribution in [-0.4, -0.2) is 37.5 Å². The maximum atomic E-state index is 12.7. The zero-order valence-corrected chi connectivity index (χ0v) is 15.6. The molecule has 4 rings (SSSR count). The zero-order chi connectivity index (χ0) is 20.5. The van der Waals surface area contributed by atoms with Crippen molar-refractivity contribution in [2.75, 3.05) is 6.61 Å². The van der Waals surface area contributed by atoms with Gasteiger partial charge in [0, 0.05) is 11.8 Å². The lowest BCUT2D eigenvalue weighted by atomic mass is 10.0. The van der Waals surface area contributed by atoms with Crippen LogP contribution in [0, 0.1) is 6.92 Å². The quantitative estimate of drug-likeness (QED) is 0.655. The highest BCUT2D eigenvalue weighted by Crippen LogP contribution is 2.34. The summed E-state index contributed by atoms with van der Waals surface area (Å²) < 4.78 is 31.4. The molecule has 152 valence electrons. The number of carbonyl (C=O) groups is 1. The average Bonchev–Trinajstić information content (AvgIpc) is 3.40. The van der Waals surface area contributed by atoms with E-state index in [4.69, 9.17) is 5.11 Å². The largest absolute Gasteiger partial charge is 0.394 e. The Bertz CT molecular complexity index is 1050. The van der Waals surface area contributed by atoms with E-state index in [9.17, 15) is 13.6 Å². The van der Waals surface area contributed by atoms with E-state index < -0.39 is 12.3 Å². The average molecular weight is 403 g/mol. The Morgan fingerprint density at radius 1 is 1.45 bits per heavy atom. The fourth-order valence-corrected chi connectivity index (χ4v) is 3.54. The third-order valence-corrected chi connectivity index (χ3v) is 4.93. The Kier molecular flexibility index (Phi) is 5.10. The normalized spacial score (nSPS) is 15.7. The van der Waals surface area contributed by atoms with Gasteiger partial charge in [-0.2, -0.15) is 18.9 Å². The molecular formula is C19H19F2N5O3. The van der Waals surface area contributed by atoms with E-state index in [2.05, 4.69) is 25.1 Å². The highest BCUT2D eigenvalue weighted by Gasteiger charge is 2.26. The Morgan fingerprint density at radius 3 is 3.00 bits per heavy atom. The van der Waals surface area contributed by atoms with Crippen molar-refractivity contribution in [2.45, 2.75) is 38.8 Å². The molecule has 0 radical (unpaired) electrons. The minimum atomic E-state index is -2.81. The van der Waals surface area contributed by atoms with Crippen LogP contribution in [0.25, 0.3) is 11.4 Å². The molecule has 1 atom stereocenters. The number of alkyl halides is 2. The van der Waals surface area contributed by atoms with E-state index in [-0.39, 0.29) is 24.4 Å². The van der Waals surface area contributed by atoms with Crippen LogP contribution >= 0.6 is 0 Å². The van der Waals surface area contributed by atoms with Gasteiger partial charge in [0.25, 0.3) is 11.8 Å². The molecule has 1 aliphatic carbocycles. The Hall–Kier alpha value is -3.14. The van der Waals surface area contributed by atoms with Crippen LogP contribution in [0.5, 0.6) is 0 Å². The summed E-state index contributed by atoms with van der Waals surface area (Å²) in [7, 11) is 0. The second kappa shape index (κ2) is 7.70. The molecule has 0 fully saturated rings. The highest BCUT2D eigenvalue weighted by molar-refractivity contribution is 5.95. The van der Waals surface area contributed by atoms with Gasteiger partial charge in [-0.05, 0) is 37.0 Å². The maximum absolute atomic E-state index is 12.7. The number of hydrogen-bond donors (Lipinski definition) is 2. The van der Waals surface area contributed by atoms with Crippen molar-refractivity contribution in [2.24, 2.45) is 0 Å². The molecule has 2 N–H and O–H groups in total. The molecule has 0 spiro atoms. The lowest BCUT2D eigenvalue weighted by Crippen LogP contribution is -2.27. The molecule has 2 aromatic heterocycles. The molecule has 0 saturated heterocycles. The van der Waals surface area contributed by atoms with Crippen molar-refractivity contribution in [3.8, 4) is 11.4 Å². The molecule has 3 aromatic rings. The number of halogens is 2. The van der Waals surface area contributed by atoms with Gasteiger partial charge in [0.15, 0.2) is 0 Å². The smallest absolute Gasteiger partial charge is 0.315 e. The van der Waals surface area contributed by atoms with E-state index in [1.807, 2.05) is 12.1 Å². The van der Waals surface area contributed by atoms with Crippen LogP contribution in [0.3, 0.4) is 0 Å². The first-order valence-corrected chi connectivity index (χ1v) is 9.17. The van der Waals surface area contributed by atoms with Gasteiger partial charge >= 0.3 is 6.43 Å². The highest BCUT2D eigenvalue weighted by atomic mass is 19.3. The fraction of sp³-hybridized carbons (Fsp3) is 0.368. The summed E-state index contributed by atoms with van der Waals surface area (Å²) in [6.07, 6.45) is 0.270. The molecule has 29 heavy (non-hydrogen) atoms. The van der Waals surface area contributed by atoms with Crippen molar-refractivity contribution in [1.29, 1.82) is 0 Å². The van der Waals surface area contributed by atoms with Crippen molar-refractivity contribution < 1.29 is 23.2 Å². The molecule has 8 nitrogen and oxygen atoms in total. The minimum absolute atomic E-state index is 0.0559. The predicted molar refractivity (Wildman–Crippen MR) is 97.3 cm³/mol. The summed E-state index contributed by atoms with van der Waals surface area (Å²) in [6, 6.07) is 5.26. The summed E-state index contributed by atoms with van der Waals surface area (Å²) in [4.78, 5) is 16.4. The maximum Gasteiger partial charge on any atom is 0.315 e. The number of nitrogens with zero attached hydrogens (tertiary/aromatic N) is 4. The summed E-state index contributed by atoms with van der Waals surface area (Å²) >= 11 is 0. The summed E-state index contributed by atoms with van der Waals surface area (Å²) in [6.45, 7) is 2.02. The number of hydrogen-bond acceptors (Lipinski definition) is 6. The lowest BCUT2D eigenvalue weighted by Gasteiger charge is -2.14. The minimum Gasteiger partial charge on any atom is -0.394 e. The van der Waals surface area contributed by atoms with Crippen LogP contribution < -0.4 is 5.32 Å². The number of aromatic nitrogens is 4.